The Labute approximate surface area is 117 Å². The minimum atomic E-state index is -0.380. The topological polar surface area (TPSA) is 46.2 Å². The molecule has 0 saturated carbocycles. The van der Waals surface area contributed by atoms with Crippen LogP contribution in [-0.4, -0.2) is 18.2 Å². The fourth-order valence-electron chi connectivity index (χ4n) is 1.77. The van der Waals surface area contributed by atoms with Crippen LogP contribution in [-0.2, 0) is 9.59 Å². The van der Waals surface area contributed by atoms with Gasteiger partial charge in [0.1, 0.15) is 6.29 Å². The molecular formula is C16H27NO2. The molecule has 0 aliphatic heterocycles. The summed E-state index contributed by atoms with van der Waals surface area (Å²) in [7, 11) is 0. The van der Waals surface area contributed by atoms with Crippen molar-refractivity contribution in [2.75, 3.05) is 0 Å². The first-order valence-electron chi connectivity index (χ1n) is 6.91. The predicted octanol–water partition coefficient (Wildman–Crippen LogP) is 3.41. The highest BCUT2D eigenvalue weighted by Gasteiger charge is 2.11. The molecule has 0 aliphatic rings. The lowest BCUT2D eigenvalue weighted by atomic mass is 10.0. The van der Waals surface area contributed by atoms with Crippen LogP contribution in [0.25, 0.3) is 0 Å². The molecule has 3 nitrogen and oxygen atoms in total. The van der Waals surface area contributed by atoms with Gasteiger partial charge in [-0.3, -0.25) is 4.79 Å². The standard InChI is InChI=1S/C16H27NO2/c1-12(2)7-6-8-14(5)10-16(19)17-15(11-18)9-13(3)4/h7,10-11,13,15H,6,8-9H2,1-5H3,(H,17,19)/b14-10+. The summed E-state index contributed by atoms with van der Waals surface area (Å²) < 4.78 is 0. The quantitative estimate of drug-likeness (QED) is 0.415. The van der Waals surface area contributed by atoms with Gasteiger partial charge in [-0.05, 0) is 46.0 Å². The van der Waals surface area contributed by atoms with E-state index in [-0.39, 0.29) is 11.9 Å². The number of allylic oxidation sites excluding steroid dienone is 3. The van der Waals surface area contributed by atoms with Crippen molar-refractivity contribution in [1.82, 2.24) is 5.32 Å². The van der Waals surface area contributed by atoms with E-state index in [2.05, 4.69) is 25.2 Å². The largest absolute Gasteiger partial charge is 0.343 e. The summed E-state index contributed by atoms with van der Waals surface area (Å²) in [5, 5.41) is 2.73. The van der Waals surface area contributed by atoms with Crippen LogP contribution in [0.5, 0.6) is 0 Å². The van der Waals surface area contributed by atoms with Gasteiger partial charge in [0.05, 0.1) is 6.04 Å². The van der Waals surface area contributed by atoms with Crippen molar-refractivity contribution in [3.63, 3.8) is 0 Å². The Morgan fingerprint density at radius 3 is 2.32 bits per heavy atom. The van der Waals surface area contributed by atoms with Crippen LogP contribution in [0.2, 0.25) is 0 Å². The summed E-state index contributed by atoms with van der Waals surface area (Å²) in [5.41, 5.74) is 2.32. The van der Waals surface area contributed by atoms with Crippen LogP contribution >= 0.6 is 0 Å². The van der Waals surface area contributed by atoms with Gasteiger partial charge in [0.2, 0.25) is 5.91 Å². The summed E-state index contributed by atoms with van der Waals surface area (Å²) in [5.74, 6) is 0.214. The summed E-state index contributed by atoms with van der Waals surface area (Å²) in [4.78, 5) is 22.6. The van der Waals surface area contributed by atoms with Crippen LogP contribution in [0.3, 0.4) is 0 Å². The fraction of sp³-hybridized carbons (Fsp3) is 0.625. The third kappa shape index (κ3) is 10.2. The Bertz CT molecular complexity index is 350. The molecule has 1 atom stereocenters. The minimum absolute atomic E-state index is 0.174. The Hall–Kier alpha value is -1.38. The lowest BCUT2D eigenvalue weighted by molar-refractivity contribution is -0.120. The van der Waals surface area contributed by atoms with Gasteiger partial charge in [-0.2, -0.15) is 0 Å². The molecule has 0 aromatic rings. The second-order valence-corrected chi connectivity index (χ2v) is 5.69. The third-order valence-electron chi connectivity index (χ3n) is 2.69. The van der Waals surface area contributed by atoms with Gasteiger partial charge < -0.3 is 10.1 Å². The van der Waals surface area contributed by atoms with Crippen molar-refractivity contribution in [3.05, 3.63) is 23.3 Å². The van der Waals surface area contributed by atoms with Crippen LogP contribution < -0.4 is 5.32 Å². The number of hydrogen-bond donors (Lipinski definition) is 1. The van der Waals surface area contributed by atoms with Crippen LogP contribution in [0.4, 0.5) is 0 Å². The van der Waals surface area contributed by atoms with Crippen molar-refractivity contribution in [2.24, 2.45) is 5.92 Å². The van der Waals surface area contributed by atoms with Crippen LogP contribution in [0.15, 0.2) is 23.3 Å². The Kier molecular flexibility index (Phi) is 8.84. The lowest BCUT2D eigenvalue weighted by Gasteiger charge is -2.13. The van der Waals surface area contributed by atoms with Crippen LogP contribution in [0, 0.1) is 5.92 Å². The monoisotopic (exact) mass is 265 g/mol. The Balaban J connectivity index is 4.26. The number of hydrogen-bond acceptors (Lipinski definition) is 2. The third-order valence-corrected chi connectivity index (χ3v) is 2.69. The summed E-state index contributed by atoms with van der Waals surface area (Å²) in [6, 6.07) is -0.380. The van der Waals surface area contributed by atoms with Gasteiger partial charge in [-0.15, -0.1) is 0 Å². The molecular weight excluding hydrogens is 238 g/mol. The van der Waals surface area contributed by atoms with Crippen molar-refractivity contribution in [2.45, 2.75) is 59.9 Å². The van der Waals surface area contributed by atoms with E-state index in [1.807, 2.05) is 20.8 Å². The van der Waals surface area contributed by atoms with E-state index in [1.54, 1.807) is 6.08 Å². The molecule has 0 aromatic heterocycles. The smallest absolute Gasteiger partial charge is 0.244 e. The molecule has 0 spiro atoms. The van der Waals surface area contributed by atoms with Gasteiger partial charge >= 0.3 is 0 Å². The fourth-order valence-corrected chi connectivity index (χ4v) is 1.77. The van der Waals surface area contributed by atoms with E-state index in [1.165, 1.54) is 5.57 Å². The van der Waals surface area contributed by atoms with Gasteiger partial charge in [0, 0.05) is 6.08 Å². The summed E-state index contributed by atoms with van der Waals surface area (Å²) >= 11 is 0. The summed E-state index contributed by atoms with van der Waals surface area (Å²) in [6.45, 7) is 10.1. The Morgan fingerprint density at radius 1 is 1.21 bits per heavy atom. The highest BCUT2D eigenvalue weighted by atomic mass is 16.2. The average molecular weight is 265 g/mol. The van der Waals surface area contributed by atoms with E-state index in [9.17, 15) is 9.59 Å². The number of aldehydes is 1. The molecule has 108 valence electrons. The van der Waals surface area contributed by atoms with Gasteiger partial charge in [0.15, 0.2) is 0 Å². The number of rotatable bonds is 8. The maximum absolute atomic E-state index is 11.7. The molecule has 1 N–H and O–H groups in total. The average Bonchev–Trinajstić information content (AvgIpc) is 2.26. The number of amides is 1. The molecule has 1 amide bonds. The van der Waals surface area contributed by atoms with Crippen molar-refractivity contribution >= 4 is 12.2 Å². The number of carbonyl (C=O) groups is 2. The zero-order valence-electron chi connectivity index (χ0n) is 12.8. The highest BCUT2D eigenvalue weighted by molar-refractivity contribution is 5.90. The first-order chi connectivity index (χ1) is 8.85. The highest BCUT2D eigenvalue weighted by Crippen LogP contribution is 2.07. The molecule has 3 heteroatoms. The first kappa shape index (κ1) is 17.6. The van der Waals surface area contributed by atoms with Crippen molar-refractivity contribution in [1.29, 1.82) is 0 Å². The summed E-state index contributed by atoms with van der Waals surface area (Å²) in [6.07, 6.45) is 7.05. The van der Waals surface area contributed by atoms with E-state index >= 15 is 0 Å². The van der Waals surface area contributed by atoms with Gasteiger partial charge in [-0.1, -0.05) is 31.1 Å². The van der Waals surface area contributed by atoms with E-state index in [0.29, 0.717) is 12.3 Å². The van der Waals surface area contributed by atoms with E-state index < -0.39 is 0 Å². The molecule has 0 aromatic carbocycles. The van der Waals surface area contributed by atoms with Crippen molar-refractivity contribution in [3.8, 4) is 0 Å². The second-order valence-electron chi connectivity index (χ2n) is 5.69. The molecule has 0 heterocycles. The SMILES string of the molecule is CC(C)=CCC/C(C)=C/C(=O)NC(C=O)CC(C)C. The molecule has 0 rings (SSSR count). The first-order valence-corrected chi connectivity index (χ1v) is 6.91. The lowest BCUT2D eigenvalue weighted by Crippen LogP contribution is -2.36. The normalized spacial score (nSPS) is 13.1. The predicted molar refractivity (Wildman–Crippen MR) is 79.9 cm³/mol. The maximum Gasteiger partial charge on any atom is 0.244 e. The second kappa shape index (κ2) is 9.54. The zero-order chi connectivity index (χ0) is 14.8. The van der Waals surface area contributed by atoms with E-state index in [0.717, 1.165) is 24.7 Å². The Morgan fingerprint density at radius 2 is 1.84 bits per heavy atom. The number of carbonyl (C=O) groups excluding carboxylic acids is 2. The molecule has 1 unspecified atom stereocenters. The molecule has 0 bridgehead atoms. The molecule has 0 saturated heterocycles. The molecule has 19 heavy (non-hydrogen) atoms. The van der Waals surface area contributed by atoms with E-state index in [4.69, 9.17) is 0 Å². The molecule has 0 fully saturated rings. The number of nitrogens with one attached hydrogen (secondary N) is 1. The molecule has 0 aliphatic carbocycles. The minimum Gasteiger partial charge on any atom is -0.343 e. The molecule has 0 radical (unpaired) electrons. The van der Waals surface area contributed by atoms with Gasteiger partial charge in [0.25, 0.3) is 0 Å². The van der Waals surface area contributed by atoms with Crippen LogP contribution in [0.1, 0.15) is 53.9 Å². The zero-order valence-corrected chi connectivity index (χ0v) is 12.8. The van der Waals surface area contributed by atoms with Crippen molar-refractivity contribution < 1.29 is 9.59 Å². The maximum atomic E-state index is 11.7. The van der Waals surface area contributed by atoms with Gasteiger partial charge in [-0.25, -0.2) is 0 Å².